The Kier molecular flexibility index (Phi) is 4.12. The Morgan fingerprint density at radius 2 is 1.94 bits per heavy atom. The van der Waals surface area contributed by atoms with E-state index in [1.165, 1.54) is 0 Å². The molecule has 2 N–H and O–H groups in total. The number of nitrogen functional groups attached to an aromatic ring is 1. The van der Waals surface area contributed by atoms with Crippen LogP contribution in [0.15, 0.2) is 42.5 Å². The molecule has 4 heteroatoms. The Labute approximate surface area is 119 Å². The second kappa shape index (κ2) is 5.60. The summed E-state index contributed by atoms with van der Waals surface area (Å²) in [5.41, 5.74) is 7.30. The fraction of sp³-hybridized carbons (Fsp3) is 0.0769. The second-order valence-electron chi connectivity index (χ2n) is 3.57. The van der Waals surface area contributed by atoms with Crippen LogP contribution in [0.2, 0.25) is 5.02 Å². The fourth-order valence-corrected chi connectivity index (χ4v) is 2.14. The van der Waals surface area contributed by atoms with Crippen molar-refractivity contribution in [1.82, 2.24) is 0 Å². The average Bonchev–Trinajstić information content (AvgIpc) is 2.32. The third-order valence-corrected chi connectivity index (χ3v) is 3.55. The molecule has 0 saturated carbocycles. The molecule has 0 unspecified atom stereocenters. The number of halogens is 2. The van der Waals surface area contributed by atoms with Gasteiger partial charge in [-0.15, -0.1) is 0 Å². The predicted octanol–water partition coefficient (Wildman–Crippen LogP) is 4.11. The zero-order valence-electron chi connectivity index (χ0n) is 8.99. The van der Waals surface area contributed by atoms with E-state index in [-0.39, 0.29) is 0 Å². The first-order valence-electron chi connectivity index (χ1n) is 5.08. The molecule has 0 fully saturated rings. The van der Waals surface area contributed by atoms with Gasteiger partial charge in [0, 0.05) is 16.3 Å². The quantitative estimate of drug-likeness (QED) is 0.661. The normalized spacial score (nSPS) is 10.2. The van der Waals surface area contributed by atoms with E-state index < -0.39 is 0 Å². The molecule has 2 rings (SSSR count). The highest BCUT2D eigenvalue weighted by Crippen LogP contribution is 2.24. The number of hydrogen-bond acceptors (Lipinski definition) is 2. The highest BCUT2D eigenvalue weighted by Gasteiger charge is 2.04. The number of ether oxygens (including phenoxy) is 1. The van der Waals surface area contributed by atoms with Gasteiger partial charge >= 0.3 is 0 Å². The molecule has 0 spiro atoms. The Bertz CT molecular complexity index is 531. The highest BCUT2D eigenvalue weighted by molar-refractivity contribution is 14.1. The van der Waals surface area contributed by atoms with Gasteiger partial charge in [0.25, 0.3) is 0 Å². The summed E-state index contributed by atoms with van der Waals surface area (Å²) in [6, 6.07) is 13.2. The Morgan fingerprint density at radius 1 is 1.18 bits per heavy atom. The van der Waals surface area contributed by atoms with E-state index in [2.05, 4.69) is 22.6 Å². The van der Waals surface area contributed by atoms with Gasteiger partial charge in [-0.25, -0.2) is 0 Å². The molecule has 2 nitrogen and oxygen atoms in total. The number of benzene rings is 2. The molecule has 0 bridgehead atoms. The van der Waals surface area contributed by atoms with Crippen LogP contribution in [0.3, 0.4) is 0 Å². The summed E-state index contributed by atoms with van der Waals surface area (Å²) in [6.07, 6.45) is 0. The van der Waals surface area contributed by atoms with Crippen molar-refractivity contribution in [2.45, 2.75) is 6.61 Å². The average molecular weight is 360 g/mol. The zero-order valence-corrected chi connectivity index (χ0v) is 11.9. The Morgan fingerprint density at radius 3 is 2.71 bits per heavy atom. The third kappa shape index (κ3) is 3.26. The maximum absolute atomic E-state index is 6.06. The minimum Gasteiger partial charge on any atom is -0.488 e. The van der Waals surface area contributed by atoms with Crippen LogP contribution < -0.4 is 10.5 Å². The maximum Gasteiger partial charge on any atom is 0.133 e. The molecule has 0 aromatic heterocycles. The lowest BCUT2D eigenvalue weighted by Gasteiger charge is -2.09. The molecule has 0 radical (unpaired) electrons. The first-order chi connectivity index (χ1) is 8.16. The minimum atomic E-state index is 0.421. The van der Waals surface area contributed by atoms with E-state index in [1.807, 2.05) is 30.3 Å². The molecule has 0 aliphatic carbocycles. The monoisotopic (exact) mass is 359 g/mol. The van der Waals surface area contributed by atoms with Crippen LogP contribution in [0.4, 0.5) is 5.69 Å². The summed E-state index contributed by atoms with van der Waals surface area (Å²) < 4.78 is 6.79. The lowest BCUT2D eigenvalue weighted by atomic mass is 10.2. The van der Waals surface area contributed by atoms with E-state index >= 15 is 0 Å². The summed E-state index contributed by atoms with van der Waals surface area (Å²) in [7, 11) is 0. The van der Waals surface area contributed by atoms with E-state index in [9.17, 15) is 0 Å². The Hall–Kier alpha value is -0.940. The number of rotatable bonds is 3. The van der Waals surface area contributed by atoms with E-state index in [0.29, 0.717) is 17.3 Å². The van der Waals surface area contributed by atoms with Gasteiger partial charge < -0.3 is 10.5 Å². The number of anilines is 1. The van der Waals surface area contributed by atoms with Gasteiger partial charge in [0.15, 0.2) is 0 Å². The van der Waals surface area contributed by atoms with Crippen molar-refractivity contribution in [3.8, 4) is 5.75 Å². The molecule has 0 amide bonds. The van der Waals surface area contributed by atoms with Gasteiger partial charge in [-0.05, 0) is 52.9 Å². The van der Waals surface area contributed by atoms with Crippen molar-refractivity contribution >= 4 is 39.9 Å². The van der Waals surface area contributed by atoms with Crippen molar-refractivity contribution in [2.75, 3.05) is 5.73 Å². The van der Waals surface area contributed by atoms with E-state index in [4.69, 9.17) is 22.1 Å². The van der Waals surface area contributed by atoms with Crippen LogP contribution in [-0.2, 0) is 6.61 Å². The lowest BCUT2D eigenvalue weighted by molar-refractivity contribution is 0.304. The first-order valence-corrected chi connectivity index (χ1v) is 6.54. The van der Waals surface area contributed by atoms with Gasteiger partial charge in [0.1, 0.15) is 12.4 Å². The summed E-state index contributed by atoms with van der Waals surface area (Å²) in [6.45, 7) is 0.421. The van der Waals surface area contributed by atoms with Crippen LogP contribution >= 0.6 is 34.2 Å². The fourth-order valence-electron chi connectivity index (χ4n) is 1.42. The van der Waals surface area contributed by atoms with Crippen LogP contribution in [0.25, 0.3) is 0 Å². The summed E-state index contributed by atoms with van der Waals surface area (Å²) in [4.78, 5) is 0. The number of hydrogen-bond donors (Lipinski definition) is 1. The number of nitrogens with two attached hydrogens (primary N) is 1. The molecule has 0 aliphatic rings. The SMILES string of the molecule is Nc1ccc(Cl)c(COc2ccccc2I)c1. The van der Waals surface area contributed by atoms with Crippen LogP contribution in [0.1, 0.15) is 5.56 Å². The van der Waals surface area contributed by atoms with Crippen LogP contribution in [0.5, 0.6) is 5.75 Å². The van der Waals surface area contributed by atoms with Gasteiger partial charge in [0.05, 0.1) is 3.57 Å². The van der Waals surface area contributed by atoms with Gasteiger partial charge in [-0.2, -0.15) is 0 Å². The highest BCUT2D eigenvalue weighted by atomic mass is 127. The molecule has 88 valence electrons. The molecule has 0 saturated heterocycles. The van der Waals surface area contributed by atoms with Crippen molar-refractivity contribution in [1.29, 1.82) is 0 Å². The largest absolute Gasteiger partial charge is 0.488 e. The lowest BCUT2D eigenvalue weighted by Crippen LogP contribution is -1.98. The van der Waals surface area contributed by atoms with Crippen molar-refractivity contribution in [2.24, 2.45) is 0 Å². The molecule has 2 aromatic rings. The second-order valence-corrected chi connectivity index (χ2v) is 5.14. The van der Waals surface area contributed by atoms with Crippen molar-refractivity contribution in [3.63, 3.8) is 0 Å². The smallest absolute Gasteiger partial charge is 0.133 e. The molecule has 2 aromatic carbocycles. The zero-order chi connectivity index (χ0) is 12.3. The summed E-state index contributed by atoms with van der Waals surface area (Å²) >= 11 is 8.30. The molecule has 17 heavy (non-hydrogen) atoms. The Balaban J connectivity index is 2.12. The van der Waals surface area contributed by atoms with Crippen molar-refractivity contribution in [3.05, 3.63) is 56.6 Å². The number of para-hydroxylation sites is 1. The molecule has 0 aliphatic heterocycles. The molecular formula is C13H11ClINO. The molecular weight excluding hydrogens is 349 g/mol. The predicted molar refractivity (Wildman–Crippen MR) is 79.4 cm³/mol. The van der Waals surface area contributed by atoms with Crippen LogP contribution in [-0.4, -0.2) is 0 Å². The van der Waals surface area contributed by atoms with Gasteiger partial charge in [-0.3, -0.25) is 0 Å². The molecule has 0 atom stereocenters. The van der Waals surface area contributed by atoms with Crippen molar-refractivity contribution < 1.29 is 4.74 Å². The molecule has 0 heterocycles. The van der Waals surface area contributed by atoms with E-state index in [0.717, 1.165) is 14.9 Å². The maximum atomic E-state index is 6.06. The van der Waals surface area contributed by atoms with Gasteiger partial charge in [-0.1, -0.05) is 23.7 Å². The summed E-state index contributed by atoms with van der Waals surface area (Å²) in [5.74, 6) is 0.853. The summed E-state index contributed by atoms with van der Waals surface area (Å²) in [5, 5.41) is 0.671. The third-order valence-electron chi connectivity index (χ3n) is 2.29. The minimum absolute atomic E-state index is 0.421. The van der Waals surface area contributed by atoms with Crippen LogP contribution in [0, 0.1) is 3.57 Å². The topological polar surface area (TPSA) is 35.2 Å². The first kappa shape index (κ1) is 12.5. The van der Waals surface area contributed by atoms with Gasteiger partial charge in [0.2, 0.25) is 0 Å². The standard InChI is InChI=1S/C13H11ClINO/c14-11-6-5-10(16)7-9(11)8-17-13-4-2-1-3-12(13)15/h1-7H,8,16H2. The van der Waals surface area contributed by atoms with E-state index in [1.54, 1.807) is 12.1 Å².